The van der Waals surface area contributed by atoms with Crippen LogP contribution in [0.5, 0.6) is 5.75 Å². The summed E-state index contributed by atoms with van der Waals surface area (Å²) in [7, 11) is 0. The predicted octanol–water partition coefficient (Wildman–Crippen LogP) is 4.93. The maximum Gasteiger partial charge on any atom is 0.126 e. The largest absolute Gasteiger partial charge is 0.489 e. The average Bonchev–Trinajstić information content (AvgIpc) is 2.78. The molecule has 0 aliphatic carbocycles. The van der Waals surface area contributed by atoms with Crippen LogP contribution < -0.4 is 4.74 Å². The van der Waals surface area contributed by atoms with E-state index in [-0.39, 0.29) is 5.82 Å². The molecule has 1 aromatic heterocycles. The minimum absolute atomic E-state index is 0.275. The summed E-state index contributed by atoms with van der Waals surface area (Å²) in [5.74, 6) is 0.287. The Morgan fingerprint density at radius 2 is 2.05 bits per heavy atom. The van der Waals surface area contributed by atoms with Crippen molar-refractivity contribution in [3.63, 3.8) is 0 Å². The van der Waals surface area contributed by atoms with Crippen molar-refractivity contribution in [2.45, 2.75) is 13.5 Å². The minimum atomic E-state index is -0.275. The topological polar surface area (TPSA) is 9.23 Å². The summed E-state index contributed by atoms with van der Waals surface area (Å²) in [5, 5.41) is 3.32. The zero-order chi connectivity index (χ0) is 13.2. The van der Waals surface area contributed by atoms with E-state index in [1.165, 1.54) is 27.8 Å². The second-order valence-corrected chi connectivity index (χ2v) is 5.42. The second-order valence-electron chi connectivity index (χ2n) is 4.51. The molecule has 2 aromatic carbocycles. The van der Waals surface area contributed by atoms with Gasteiger partial charge in [-0.1, -0.05) is 18.2 Å². The van der Waals surface area contributed by atoms with Crippen LogP contribution in [0.2, 0.25) is 0 Å². The van der Waals surface area contributed by atoms with Crippen molar-refractivity contribution < 1.29 is 9.13 Å². The van der Waals surface area contributed by atoms with E-state index in [1.54, 1.807) is 23.5 Å². The number of hydrogen-bond donors (Lipinski definition) is 0. The Morgan fingerprint density at radius 3 is 2.89 bits per heavy atom. The number of hydrogen-bond acceptors (Lipinski definition) is 2. The van der Waals surface area contributed by atoms with Crippen molar-refractivity contribution >= 4 is 21.4 Å². The van der Waals surface area contributed by atoms with E-state index >= 15 is 0 Å². The van der Waals surface area contributed by atoms with Crippen molar-refractivity contribution in [3.05, 3.63) is 64.8 Å². The van der Waals surface area contributed by atoms with Crippen molar-refractivity contribution in [1.82, 2.24) is 0 Å². The second kappa shape index (κ2) is 5.02. The Balaban J connectivity index is 1.82. The fraction of sp³-hybridized carbons (Fsp3) is 0.125. The number of thiophene rings is 1. The molecule has 3 aromatic rings. The number of ether oxygens (including phenoxy) is 1. The molecule has 0 aliphatic rings. The molecule has 0 aliphatic heterocycles. The molecule has 3 rings (SSSR count). The van der Waals surface area contributed by atoms with Gasteiger partial charge in [-0.3, -0.25) is 0 Å². The first kappa shape index (κ1) is 12.2. The molecule has 0 saturated heterocycles. The van der Waals surface area contributed by atoms with Crippen molar-refractivity contribution in [3.8, 4) is 5.75 Å². The lowest BCUT2D eigenvalue weighted by Crippen LogP contribution is -1.94. The fourth-order valence-corrected chi connectivity index (χ4v) is 3.06. The van der Waals surface area contributed by atoms with Gasteiger partial charge in [-0.25, -0.2) is 4.39 Å². The summed E-state index contributed by atoms with van der Waals surface area (Å²) < 4.78 is 20.0. The molecule has 19 heavy (non-hydrogen) atoms. The lowest BCUT2D eigenvalue weighted by atomic mass is 10.1. The number of rotatable bonds is 3. The summed E-state index contributed by atoms with van der Waals surface area (Å²) in [6, 6.07) is 12.6. The summed E-state index contributed by atoms with van der Waals surface area (Å²) in [6.45, 7) is 2.55. The summed E-state index contributed by atoms with van der Waals surface area (Å²) >= 11 is 1.71. The first-order valence-electron chi connectivity index (χ1n) is 6.07. The van der Waals surface area contributed by atoms with Crippen LogP contribution in [0, 0.1) is 12.7 Å². The van der Waals surface area contributed by atoms with E-state index in [4.69, 9.17) is 4.74 Å². The van der Waals surface area contributed by atoms with Gasteiger partial charge < -0.3 is 4.74 Å². The molecule has 0 spiro atoms. The first-order valence-corrected chi connectivity index (χ1v) is 6.95. The molecule has 0 atom stereocenters. The highest BCUT2D eigenvalue weighted by atomic mass is 32.1. The smallest absolute Gasteiger partial charge is 0.126 e. The molecular formula is C16H13FOS. The maximum atomic E-state index is 13.1. The zero-order valence-electron chi connectivity index (χ0n) is 10.5. The van der Waals surface area contributed by atoms with E-state index in [1.807, 2.05) is 0 Å². The quantitative estimate of drug-likeness (QED) is 0.657. The van der Waals surface area contributed by atoms with Gasteiger partial charge >= 0.3 is 0 Å². The van der Waals surface area contributed by atoms with Gasteiger partial charge in [-0.05, 0) is 41.5 Å². The van der Waals surface area contributed by atoms with Gasteiger partial charge in [-0.2, -0.15) is 0 Å². The van der Waals surface area contributed by atoms with Crippen LogP contribution in [0.15, 0.2) is 47.8 Å². The highest BCUT2D eigenvalue weighted by Gasteiger charge is 2.05. The zero-order valence-corrected chi connectivity index (χ0v) is 11.3. The normalized spacial score (nSPS) is 10.8. The minimum Gasteiger partial charge on any atom is -0.489 e. The van der Waals surface area contributed by atoms with Crippen LogP contribution >= 0.6 is 11.3 Å². The molecule has 3 heteroatoms. The van der Waals surface area contributed by atoms with E-state index in [2.05, 4.69) is 30.5 Å². The van der Waals surface area contributed by atoms with Gasteiger partial charge in [0.15, 0.2) is 0 Å². The Labute approximate surface area is 115 Å². The lowest BCUT2D eigenvalue weighted by Gasteiger charge is -2.05. The molecule has 0 unspecified atom stereocenters. The summed E-state index contributed by atoms with van der Waals surface area (Å²) in [6.07, 6.45) is 0. The summed E-state index contributed by atoms with van der Waals surface area (Å²) in [5.41, 5.74) is 2.40. The molecule has 0 amide bonds. The third kappa shape index (κ3) is 2.61. The van der Waals surface area contributed by atoms with Crippen LogP contribution in [0.1, 0.15) is 11.1 Å². The Morgan fingerprint density at radius 1 is 1.16 bits per heavy atom. The Bertz CT molecular complexity index is 718. The summed E-state index contributed by atoms with van der Waals surface area (Å²) in [4.78, 5) is 0. The SMILES string of the molecule is Cc1ccc2c(COc3cccc(F)c3)csc2c1. The highest BCUT2D eigenvalue weighted by Crippen LogP contribution is 2.28. The van der Waals surface area contributed by atoms with E-state index in [0.29, 0.717) is 12.4 Å². The third-order valence-corrected chi connectivity index (χ3v) is 4.00. The van der Waals surface area contributed by atoms with Gasteiger partial charge in [0.2, 0.25) is 0 Å². The number of halogens is 1. The Kier molecular flexibility index (Phi) is 3.22. The number of benzene rings is 2. The third-order valence-electron chi connectivity index (χ3n) is 3.00. The van der Waals surface area contributed by atoms with Crippen LogP contribution in [0.4, 0.5) is 4.39 Å². The first-order chi connectivity index (χ1) is 9.22. The predicted molar refractivity (Wildman–Crippen MR) is 77.3 cm³/mol. The molecule has 0 radical (unpaired) electrons. The maximum absolute atomic E-state index is 13.1. The molecule has 0 fully saturated rings. The van der Waals surface area contributed by atoms with Crippen LogP contribution in [-0.2, 0) is 6.61 Å². The van der Waals surface area contributed by atoms with Gasteiger partial charge in [0.1, 0.15) is 18.2 Å². The van der Waals surface area contributed by atoms with E-state index < -0.39 is 0 Å². The lowest BCUT2D eigenvalue weighted by molar-refractivity contribution is 0.306. The molecule has 0 N–H and O–H groups in total. The molecule has 1 heterocycles. The molecule has 1 nitrogen and oxygen atoms in total. The fourth-order valence-electron chi connectivity index (χ4n) is 2.02. The van der Waals surface area contributed by atoms with Crippen molar-refractivity contribution in [1.29, 1.82) is 0 Å². The van der Waals surface area contributed by atoms with Crippen LogP contribution in [-0.4, -0.2) is 0 Å². The number of fused-ring (bicyclic) bond motifs is 1. The molecular weight excluding hydrogens is 259 g/mol. The number of aryl methyl sites for hydroxylation is 1. The van der Waals surface area contributed by atoms with Gasteiger partial charge in [-0.15, -0.1) is 11.3 Å². The molecule has 0 bridgehead atoms. The van der Waals surface area contributed by atoms with Crippen molar-refractivity contribution in [2.24, 2.45) is 0 Å². The van der Waals surface area contributed by atoms with Crippen LogP contribution in [0.3, 0.4) is 0 Å². The Hall–Kier alpha value is -1.87. The standard InChI is InChI=1S/C16H13FOS/c1-11-5-6-15-12(10-19-16(15)7-11)9-18-14-4-2-3-13(17)8-14/h2-8,10H,9H2,1H3. The molecule has 0 saturated carbocycles. The van der Waals surface area contributed by atoms with E-state index in [0.717, 1.165) is 5.56 Å². The molecule has 96 valence electrons. The average molecular weight is 272 g/mol. The monoisotopic (exact) mass is 272 g/mol. The van der Waals surface area contributed by atoms with Crippen LogP contribution in [0.25, 0.3) is 10.1 Å². The van der Waals surface area contributed by atoms with Gasteiger partial charge in [0.05, 0.1) is 0 Å². The van der Waals surface area contributed by atoms with Gasteiger partial charge in [0.25, 0.3) is 0 Å². The van der Waals surface area contributed by atoms with Gasteiger partial charge in [0, 0.05) is 16.3 Å². The van der Waals surface area contributed by atoms with E-state index in [9.17, 15) is 4.39 Å². The van der Waals surface area contributed by atoms with Crippen molar-refractivity contribution in [2.75, 3.05) is 0 Å². The highest BCUT2D eigenvalue weighted by molar-refractivity contribution is 7.17.